The Kier molecular flexibility index (Phi) is 11.0. The van der Waals surface area contributed by atoms with Gasteiger partial charge in [0.15, 0.2) is 5.78 Å². The molecule has 1 unspecified atom stereocenters. The first-order valence-electron chi connectivity index (χ1n) is 19.8. The van der Waals surface area contributed by atoms with Crippen molar-refractivity contribution in [3.05, 3.63) is 131 Å². The van der Waals surface area contributed by atoms with Crippen LogP contribution in [0.4, 0.5) is 11.4 Å². The third-order valence-electron chi connectivity index (χ3n) is 11.4. The molecule has 5 heteroatoms. The fourth-order valence-electron chi connectivity index (χ4n) is 8.56. The predicted molar refractivity (Wildman–Crippen MR) is 230 cm³/mol. The van der Waals surface area contributed by atoms with Crippen LogP contribution in [0.25, 0.3) is 53.5 Å². The van der Waals surface area contributed by atoms with Crippen LogP contribution in [0.5, 0.6) is 0 Å². The van der Waals surface area contributed by atoms with Crippen molar-refractivity contribution in [3.8, 4) is 0 Å². The highest BCUT2D eigenvalue weighted by Crippen LogP contribution is 2.52. The van der Waals surface area contributed by atoms with E-state index in [1.54, 1.807) is 0 Å². The zero-order valence-electron chi connectivity index (χ0n) is 32.1. The summed E-state index contributed by atoms with van der Waals surface area (Å²) in [7, 11) is 0. The summed E-state index contributed by atoms with van der Waals surface area (Å²) >= 11 is 0. The number of allylic oxidation sites excluding steroid dienone is 2. The number of rotatable bonds is 15. The van der Waals surface area contributed by atoms with Gasteiger partial charge in [-0.1, -0.05) is 100 Å². The van der Waals surface area contributed by atoms with Gasteiger partial charge < -0.3 is 9.80 Å². The number of fused-ring (bicyclic) bond motifs is 4. The van der Waals surface area contributed by atoms with Crippen LogP contribution in [0.3, 0.4) is 0 Å². The highest BCUT2D eigenvalue weighted by atomic mass is 16.1. The summed E-state index contributed by atoms with van der Waals surface area (Å²) in [5, 5.41) is 17.0. The number of carbonyl (C=O) groups excluding carboxylic acids is 1. The first-order valence-corrected chi connectivity index (χ1v) is 19.8. The second-order valence-electron chi connectivity index (χ2n) is 14.5. The molecule has 272 valence electrons. The van der Waals surface area contributed by atoms with E-state index in [0.29, 0.717) is 11.1 Å². The average Bonchev–Trinajstić information content (AvgIpc) is 3.20. The number of nitrogens with one attached hydrogen (secondary N) is 1. The van der Waals surface area contributed by atoms with E-state index < -0.39 is 5.92 Å². The number of carbonyl (C=O) groups is 1. The van der Waals surface area contributed by atoms with E-state index >= 15 is 0 Å². The molecule has 0 radical (unpaired) electrons. The Bertz CT molecular complexity index is 2500. The van der Waals surface area contributed by atoms with Gasteiger partial charge in [0.1, 0.15) is 0 Å². The number of hydrogen-bond acceptors (Lipinski definition) is 4. The maximum absolute atomic E-state index is 14.9. The average molecular weight is 711 g/mol. The molecule has 1 aliphatic carbocycles. The summed E-state index contributed by atoms with van der Waals surface area (Å²) in [4.78, 5) is 23.6. The van der Waals surface area contributed by atoms with Crippen molar-refractivity contribution < 1.29 is 4.79 Å². The summed E-state index contributed by atoms with van der Waals surface area (Å²) in [6, 6.07) is 34.2. The molecule has 0 amide bonds. The molecule has 1 N–H and O–H groups in total. The monoisotopic (exact) mass is 710 g/mol. The van der Waals surface area contributed by atoms with E-state index in [0.717, 1.165) is 98.9 Å². The molecule has 0 heterocycles. The number of hydrogen-bond donors (Lipinski definition) is 1. The normalized spacial score (nSPS) is 14.1. The lowest BCUT2D eigenvalue weighted by Gasteiger charge is -2.35. The zero-order valence-corrected chi connectivity index (χ0v) is 32.1. The van der Waals surface area contributed by atoms with E-state index in [2.05, 4.69) is 139 Å². The topological polar surface area (TPSA) is 51.8 Å². The quantitative estimate of drug-likeness (QED) is 0.0499. The summed E-state index contributed by atoms with van der Waals surface area (Å²) in [6.45, 7) is 20.7. The molecule has 0 aliphatic heterocycles. The number of ketones is 1. The summed E-state index contributed by atoms with van der Waals surface area (Å²) in [6.07, 6.45) is 6.97. The molecule has 1 atom stereocenters. The smallest absolute Gasteiger partial charge is 0.251 e. The molecule has 1 aliphatic rings. The van der Waals surface area contributed by atoms with E-state index in [4.69, 9.17) is 12.0 Å². The van der Waals surface area contributed by atoms with Crippen LogP contribution in [-0.2, 0) is 4.79 Å². The predicted octanol–water partition coefficient (Wildman–Crippen LogP) is 12.5. The van der Waals surface area contributed by atoms with Gasteiger partial charge in [-0.2, -0.15) is 0 Å². The molecule has 5 nitrogen and oxygen atoms in total. The molecule has 54 heavy (non-hydrogen) atoms. The van der Waals surface area contributed by atoms with Gasteiger partial charge >= 0.3 is 0 Å². The molecular weight excluding hydrogens is 661 g/mol. The molecule has 0 bridgehead atoms. The van der Waals surface area contributed by atoms with Gasteiger partial charge in [0, 0.05) is 53.9 Å². The zero-order chi connectivity index (χ0) is 37.8. The Morgan fingerprint density at radius 3 is 1.69 bits per heavy atom. The van der Waals surface area contributed by atoms with Crippen LogP contribution in [0.2, 0.25) is 0 Å². The Labute approximate surface area is 319 Å². The Balaban J connectivity index is 1.46. The number of Topliss-reactive ketones (excluding diaryl/α,β-unsaturated/α-hetero) is 1. The Morgan fingerprint density at radius 2 is 1.17 bits per heavy atom. The van der Waals surface area contributed by atoms with Gasteiger partial charge in [0.25, 0.3) is 5.70 Å². The van der Waals surface area contributed by atoms with Crippen molar-refractivity contribution in [1.29, 1.82) is 5.41 Å². The van der Waals surface area contributed by atoms with E-state index in [-0.39, 0.29) is 11.5 Å². The second-order valence-corrected chi connectivity index (χ2v) is 14.5. The Morgan fingerprint density at radius 1 is 0.667 bits per heavy atom. The molecule has 0 saturated heterocycles. The van der Waals surface area contributed by atoms with Gasteiger partial charge in [-0.3, -0.25) is 10.2 Å². The second kappa shape index (κ2) is 16.1. The van der Waals surface area contributed by atoms with Crippen molar-refractivity contribution in [2.75, 3.05) is 36.0 Å². The minimum atomic E-state index is -0.675. The highest BCUT2D eigenvalue weighted by molar-refractivity contribution is 6.37. The van der Waals surface area contributed by atoms with Crippen LogP contribution in [0, 0.1) is 12.0 Å². The fraction of sp³-hybridized carbons (Fsp3) is 0.306. The summed E-state index contributed by atoms with van der Waals surface area (Å²) in [5.41, 5.74) is 5.23. The van der Waals surface area contributed by atoms with Crippen LogP contribution < -0.4 is 9.80 Å². The lowest BCUT2D eigenvalue weighted by Crippen LogP contribution is -2.30. The largest absolute Gasteiger partial charge is 0.372 e. The van der Waals surface area contributed by atoms with Gasteiger partial charge in [-0.05, 0) is 118 Å². The number of anilines is 2. The minimum absolute atomic E-state index is 0.0172. The van der Waals surface area contributed by atoms with Crippen LogP contribution in [0.1, 0.15) is 83.3 Å². The number of nitrogens with zero attached hydrogens (tertiary/aromatic N) is 3. The van der Waals surface area contributed by atoms with Gasteiger partial charge in [-0.15, -0.1) is 0 Å². The molecule has 6 aromatic rings. The van der Waals surface area contributed by atoms with Crippen molar-refractivity contribution >= 4 is 71.7 Å². The van der Waals surface area contributed by atoms with E-state index in [9.17, 15) is 4.79 Å². The minimum Gasteiger partial charge on any atom is -0.372 e. The third kappa shape index (κ3) is 6.57. The number of unbranched alkanes of at least 4 members (excludes halogenated alkanes) is 4. The maximum Gasteiger partial charge on any atom is 0.251 e. The van der Waals surface area contributed by atoms with Crippen molar-refractivity contribution in [3.63, 3.8) is 0 Å². The number of benzene rings is 6. The molecule has 7 rings (SSSR count). The summed E-state index contributed by atoms with van der Waals surface area (Å²) in [5.74, 6) is 1.76. The molecule has 0 saturated carbocycles. The van der Waals surface area contributed by atoms with Gasteiger partial charge in [-0.25, -0.2) is 4.85 Å². The molecular formula is C49H50N4O. The first-order chi connectivity index (χ1) is 26.5. The van der Waals surface area contributed by atoms with Gasteiger partial charge in [0.2, 0.25) is 0 Å². The Hall–Kier alpha value is -5.69. The molecule has 0 aromatic heterocycles. The standard InChI is InChI=1S/C49H50N4O/c1-6-10-16-26-53(27-17-11-7-2)45-25-23-38(40-29-34-19-13-15-21-36(34)31-42(40)45)47-48(43(32-50)51-5)46(49(47)54)37-22-24-44(52(8-3)9-4)41-30-35-20-14-12-18-33(35)28-39(37)41/h12-15,18-25,28-31,47,50H,6-11,16-17,26-27H2,1-4H3. The molecule has 0 fully saturated rings. The molecule has 0 spiro atoms. The third-order valence-corrected chi connectivity index (χ3v) is 11.4. The van der Waals surface area contributed by atoms with Crippen molar-refractivity contribution in [2.24, 2.45) is 0 Å². The first kappa shape index (κ1) is 36.7. The van der Waals surface area contributed by atoms with Crippen molar-refractivity contribution in [2.45, 2.75) is 72.1 Å². The lowest BCUT2D eigenvalue weighted by molar-refractivity contribution is -0.115. The maximum atomic E-state index is 14.9. The van der Waals surface area contributed by atoms with Crippen LogP contribution in [0.15, 0.2) is 108 Å². The molecule has 6 aromatic carbocycles. The lowest BCUT2D eigenvalue weighted by atomic mass is 9.67. The fourth-order valence-corrected chi connectivity index (χ4v) is 8.56. The van der Waals surface area contributed by atoms with E-state index in [1.807, 2.05) is 6.07 Å². The van der Waals surface area contributed by atoms with E-state index in [1.165, 1.54) is 31.4 Å². The van der Waals surface area contributed by atoms with Gasteiger partial charge in [0.05, 0.1) is 12.5 Å². The van der Waals surface area contributed by atoms with Crippen molar-refractivity contribution in [1.82, 2.24) is 0 Å². The highest BCUT2D eigenvalue weighted by Gasteiger charge is 2.44. The van der Waals surface area contributed by atoms with Crippen LogP contribution >= 0.6 is 0 Å². The summed E-state index contributed by atoms with van der Waals surface area (Å²) < 4.78 is 0. The van der Waals surface area contributed by atoms with Crippen LogP contribution in [-0.4, -0.2) is 37.8 Å². The SMILES string of the molecule is [C-]#[N+]C(=C=N)C1=C(c2ccc(N(CC)CC)c3cc4ccccc4cc23)C(=O)C1c1ccc(N(CCCCC)CCCCC)c2cc3ccccc3cc12.